The molecule has 1 aromatic heterocycles. The molecule has 2 rings (SSSR count). The summed E-state index contributed by atoms with van der Waals surface area (Å²) in [7, 11) is 3.47. The molecule has 0 radical (unpaired) electrons. The average molecular weight is 387 g/mol. The van der Waals surface area contributed by atoms with Crippen molar-refractivity contribution in [1.82, 2.24) is 9.88 Å². The third-order valence-corrected chi connectivity index (χ3v) is 3.83. The largest absolute Gasteiger partial charge is 0.310 e. The van der Waals surface area contributed by atoms with E-state index in [1.165, 1.54) is 8.93 Å². The number of likely N-dealkylation sites (N-methyl/N-ethyl adjacent to an activating group) is 1. The Morgan fingerprint density at radius 2 is 2.21 bits per heavy atom. The van der Waals surface area contributed by atoms with E-state index >= 15 is 0 Å². The van der Waals surface area contributed by atoms with Crippen LogP contribution in [0.3, 0.4) is 0 Å². The van der Waals surface area contributed by atoms with Crippen molar-refractivity contribution < 1.29 is 4.79 Å². The van der Waals surface area contributed by atoms with Gasteiger partial charge in [-0.1, -0.05) is 0 Å². The van der Waals surface area contributed by atoms with Crippen LogP contribution in [0.5, 0.6) is 0 Å². The molecule has 0 aromatic carbocycles. The fraction of sp³-hybridized carbons (Fsp3) is 0.385. The summed E-state index contributed by atoms with van der Waals surface area (Å²) in [5.41, 5.74) is 1.58. The minimum Gasteiger partial charge on any atom is -0.310 e. The third kappa shape index (κ3) is 4.09. The predicted molar refractivity (Wildman–Crippen MR) is 87.2 cm³/mol. The Bertz CT molecular complexity index is 509. The number of hydrogen-bond acceptors (Lipinski definition) is 4. The maximum atomic E-state index is 12.1. The first-order chi connectivity index (χ1) is 9.20. The summed E-state index contributed by atoms with van der Waals surface area (Å²) in [6, 6.07) is 3.77. The molecule has 1 amide bonds. The Balaban J connectivity index is 2.14. The van der Waals surface area contributed by atoms with Gasteiger partial charge in [0.05, 0.1) is 11.9 Å². The highest BCUT2D eigenvalue weighted by Gasteiger charge is 2.20. The van der Waals surface area contributed by atoms with Crippen LogP contribution >= 0.6 is 30.1 Å². The summed E-state index contributed by atoms with van der Waals surface area (Å²) in [4.78, 5) is 20.3. The Labute approximate surface area is 129 Å². The van der Waals surface area contributed by atoms with Gasteiger partial charge in [0.2, 0.25) is 5.91 Å². The Morgan fingerprint density at radius 1 is 1.37 bits per heavy atom. The molecule has 1 aromatic rings. The second-order valence-electron chi connectivity index (χ2n) is 4.30. The fourth-order valence-electron chi connectivity index (χ4n) is 1.89. The van der Waals surface area contributed by atoms with Gasteiger partial charge in [-0.05, 0) is 39.3 Å². The summed E-state index contributed by atoms with van der Waals surface area (Å²) in [6.07, 6.45) is 2.29. The predicted octanol–water partition coefficient (Wildman–Crippen LogP) is 2.14. The first-order valence-electron chi connectivity index (χ1n) is 5.94. The zero-order valence-corrected chi connectivity index (χ0v) is 13.6. The molecule has 19 heavy (non-hydrogen) atoms. The van der Waals surface area contributed by atoms with E-state index in [2.05, 4.69) is 42.3 Å². The van der Waals surface area contributed by atoms with E-state index in [9.17, 15) is 4.79 Å². The molecule has 1 saturated heterocycles. The van der Waals surface area contributed by atoms with Crippen molar-refractivity contribution in [2.24, 2.45) is 0 Å². The van der Waals surface area contributed by atoms with E-state index in [0.29, 0.717) is 13.0 Å². The van der Waals surface area contributed by atoms with Gasteiger partial charge in [-0.25, -0.2) is 4.98 Å². The van der Waals surface area contributed by atoms with Crippen LogP contribution in [0.25, 0.3) is 0 Å². The van der Waals surface area contributed by atoms with E-state index in [0.717, 1.165) is 24.5 Å². The van der Waals surface area contributed by atoms with E-state index in [4.69, 9.17) is 0 Å². The van der Waals surface area contributed by atoms with Crippen LogP contribution in [0.15, 0.2) is 18.3 Å². The highest BCUT2D eigenvalue weighted by molar-refractivity contribution is 14.2. The normalized spacial score (nSPS) is 16.7. The fourth-order valence-corrected chi connectivity index (χ4v) is 2.37. The van der Waals surface area contributed by atoms with Gasteiger partial charge in [-0.15, -0.1) is 0 Å². The summed E-state index contributed by atoms with van der Waals surface area (Å²) in [6.45, 7) is 2.42. The Morgan fingerprint density at radius 3 is 2.89 bits per heavy atom. The lowest BCUT2D eigenvalue weighted by molar-refractivity contribution is -0.118. The molecule has 2 heterocycles. The van der Waals surface area contributed by atoms with Gasteiger partial charge in [0.1, 0.15) is 5.69 Å². The molecule has 0 aliphatic carbocycles. The molecule has 0 saturated carbocycles. The standard InChI is InChI=1S/C13H14IN3OS/c1-16-6-4-13(18)17(8-7-16)12-3-2-11(15-10-12)5-9-19-14/h2-3,10H,4,6-8H2,1H3. The van der Waals surface area contributed by atoms with Crippen LogP contribution in [0, 0.1) is 11.2 Å². The maximum absolute atomic E-state index is 12.1. The SMILES string of the molecule is CN1CCC(=O)N(c2ccc(C#CSI)nc2)CC1. The molecule has 0 N–H and O–H groups in total. The average Bonchev–Trinajstić information content (AvgIpc) is 2.60. The monoisotopic (exact) mass is 387 g/mol. The molecular formula is C13H14IN3OS. The lowest BCUT2D eigenvalue weighted by Crippen LogP contribution is -2.32. The highest BCUT2D eigenvalue weighted by atomic mass is 127. The summed E-state index contributed by atoms with van der Waals surface area (Å²) in [5, 5.41) is 2.89. The summed E-state index contributed by atoms with van der Waals surface area (Å²) >= 11 is 2.12. The number of nitrogens with zero attached hydrogens (tertiary/aromatic N) is 3. The molecule has 1 aliphatic heterocycles. The molecule has 1 aliphatic rings. The number of carbonyl (C=O) groups excluding carboxylic acids is 1. The zero-order chi connectivity index (χ0) is 13.7. The molecule has 0 spiro atoms. The van der Waals surface area contributed by atoms with Crippen molar-refractivity contribution in [3.05, 3.63) is 24.0 Å². The molecule has 100 valence electrons. The number of halogens is 1. The number of aromatic nitrogens is 1. The van der Waals surface area contributed by atoms with Gasteiger partial charge in [-0.2, -0.15) is 0 Å². The lowest BCUT2D eigenvalue weighted by atomic mass is 10.3. The molecule has 1 fully saturated rings. The number of amides is 1. The number of anilines is 1. The second kappa shape index (κ2) is 7.12. The number of rotatable bonds is 1. The second-order valence-corrected chi connectivity index (χ2v) is 5.98. The topological polar surface area (TPSA) is 36.4 Å². The lowest BCUT2D eigenvalue weighted by Gasteiger charge is -2.20. The summed E-state index contributed by atoms with van der Waals surface area (Å²) < 4.78 is 0. The first-order valence-corrected chi connectivity index (χ1v) is 9.30. The van der Waals surface area contributed by atoms with Crippen molar-refractivity contribution >= 4 is 41.7 Å². The van der Waals surface area contributed by atoms with Crippen LogP contribution < -0.4 is 4.90 Å². The third-order valence-electron chi connectivity index (χ3n) is 2.99. The zero-order valence-electron chi connectivity index (χ0n) is 10.6. The molecule has 0 bridgehead atoms. The number of hydrogen-bond donors (Lipinski definition) is 0. The van der Waals surface area contributed by atoms with Crippen molar-refractivity contribution in [3.8, 4) is 11.2 Å². The van der Waals surface area contributed by atoms with E-state index in [1.54, 1.807) is 11.1 Å². The smallest absolute Gasteiger partial charge is 0.228 e. The van der Waals surface area contributed by atoms with Crippen molar-refractivity contribution in [1.29, 1.82) is 0 Å². The van der Waals surface area contributed by atoms with Gasteiger partial charge in [0.15, 0.2) is 0 Å². The molecular weight excluding hydrogens is 373 g/mol. The van der Waals surface area contributed by atoms with Crippen molar-refractivity contribution in [3.63, 3.8) is 0 Å². The molecule has 4 nitrogen and oxygen atoms in total. The van der Waals surface area contributed by atoms with Crippen molar-refractivity contribution in [2.75, 3.05) is 31.6 Å². The van der Waals surface area contributed by atoms with E-state index in [1.807, 2.05) is 19.2 Å². The number of pyridine rings is 1. The van der Waals surface area contributed by atoms with E-state index < -0.39 is 0 Å². The molecule has 6 heteroatoms. The number of carbonyl (C=O) groups is 1. The first kappa shape index (κ1) is 14.6. The molecule has 0 atom stereocenters. The van der Waals surface area contributed by atoms with Crippen LogP contribution in [0.1, 0.15) is 12.1 Å². The van der Waals surface area contributed by atoms with Gasteiger partial charge in [0, 0.05) is 47.3 Å². The van der Waals surface area contributed by atoms with Crippen LogP contribution in [-0.2, 0) is 4.79 Å². The highest BCUT2D eigenvalue weighted by Crippen LogP contribution is 2.16. The minimum atomic E-state index is 0.160. The minimum absolute atomic E-state index is 0.160. The quantitative estimate of drug-likeness (QED) is 0.547. The Kier molecular flexibility index (Phi) is 5.48. The van der Waals surface area contributed by atoms with Crippen molar-refractivity contribution in [2.45, 2.75) is 6.42 Å². The van der Waals surface area contributed by atoms with Gasteiger partial charge >= 0.3 is 0 Å². The summed E-state index contributed by atoms with van der Waals surface area (Å²) in [5.74, 6) is 3.10. The van der Waals surface area contributed by atoms with Gasteiger partial charge in [-0.3, -0.25) is 4.79 Å². The maximum Gasteiger partial charge on any atom is 0.228 e. The van der Waals surface area contributed by atoms with Crippen LogP contribution in [-0.4, -0.2) is 42.5 Å². The van der Waals surface area contributed by atoms with Crippen LogP contribution in [0.2, 0.25) is 0 Å². The Hall–Kier alpha value is -0.780. The van der Waals surface area contributed by atoms with E-state index in [-0.39, 0.29) is 5.91 Å². The van der Waals surface area contributed by atoms with Crippen LogP contribution in [0.4, 0.5) is 5.69 Å². The molecule has 0 unspecified atom stereocenters. The van der Waals surface area contributed by atoms with Gasteiger partial charge in [0.25, 0.3) is 0 Å². The van der Waals surface area contributed by atoms with Gasteiger partial charge < -0.3 is 9.80 Å².